The summed E-state index contributed by atoms with van der Waals surface area (Å²) >= 11 is 1.90. The molecule has 1 aromatic heterocycles. The second-order valence-corrected chi connectivity index (χ2v) is 5.65. The fourth-order valence-corrected chi connectivity index (χ4v) is 2.84. The number of thiophene rings is 1. The monoisotopic (exact) mass is 223 g/mol. The summed E-state index contributed by atoms with van der Waals surface area (Å²) < 4.78 is 0. The highest BCUT2D eigenvalue weighted by molar-refractivity contribution is 7.09. The van der Waals surface area contributed by atoms with E-state index in [9.17, 15) is 0 Å². The third kappa shape index (κ3) is 3.96. The third-order valence-corrected chi connectivity index (χ3v) is 3.94. The van der Waals surface area contributed by atoms with E-state index in [1.807, 2.05) is 11.3 Å². The zero-order valence-corrected chi connectivity index (χ0v) is 10.4. The van der Waals surface area contributed by atoms with E-state index in [0.29, 0.717) is 0 Å². The predicted octanol–water partition coefficient (Wildman–Crippen LogP) is 3.46. The zero-order chi connectivity index (χ0) is 10.5. The second kappa shape index (κ2) is 5.66. The summed E-state index contributed by atoms with van der Waals surface area (Å²) in [6.45, 7) is 3.51. The lowest BCUT2D eigenvalue weighted by Crippen LogP contribution is -2.25. The lowest BCUT2D eigenvalue weighted by molar-refractivity contribution is 0.439. The summed E-state index contributed by atoms with van der Waals surface area (Å²) in [5.74, 6) is 0.842. The van der Waals surface area contributed by atoms with Crippen molar-refractivity contribution in [1.29, 1.82) is 0 Å². The molecule has 1 unspecified atom stereocenters. The van der Waals surface area contributed by atoms with E-state index in [-0.39, 0.29) is 0 Å². The Hall–Kier alpha value is -0.340. The molecule has 0 spiro atoms. The molecular weight excluding hydrogens is 202 g/mol. The molecule has 2 rings (SSSR count). The first-order valence-corrected chi connectivity index (χ1v) is 7.02. The maximum atomic E-state index is 3.66. The first-order chi connectivity index (χ1) is 7.38. The van der Waals surface area contributed by atoms with E-state index in [4.69, 9.17) is 0 Å². The van der Waals surface area contributed by atoms with Crippen molar-refractivity contribution in [3.63, 3.8) is 0 Å². The smallest absolute Gasteiger partial charge is 0.00683 e. The first-order valence-electron chi connectivity index (χ1n) is 6.14. The van der Waals surface area contributed by atoms with Crippen LogP contribution in [0.4, 0.5) is 0 Å². The Morgan fingerprint density at radius 1 is 1.53 bits per heavy atom. The lowest BCUT2D eigenvalue weighted by Gasteiger charge is -2.15. The minimum absolute atomic E-state index is 0.842. The van der Waals surface area contributed by atoms with Gasteiger partial charge in [-0.3, -0.25) is 0 Å². The minimum atomic E-state index is 0.842. The summed E-state index contributed by atoms with van der Waals surface area (Å²) in [5, 5.41) is 5.85. The van der Waals surface area contributed by atoms with Gasteiger partial charge in [-0.25, -0.2) is 0 Å². The molecule has 0 radical (unpaired) electrons. The Kier molecular flexibility index (Phi) is 4.21. The highest BCUT2D eigenvalue weighted by atomic mass is 32.1. The van der Waals surface area contributed by atoms with Gasteiger partial charge in [-0.05, 0) is 49.6 Å². The van der Waals surface area contributed by atoms with E-state index < -0.39 is 0 Å². The van der Waals surface area contributed by atoms with Crippen LogP contribution in [0.25, 0.3) is 0 Å². The average molecular weight is 223 g/mol. The first kappa shape index (κ1) is 11.2. The van der Waals surface area contributed by atoms with Crippen LogP contribution in [0, 0.1) is 5.92 Å². The summed E-state index contributed by atoms with van der Waals surface area (Å²) in [7, 11) is 0. The van der Waals surface area contributed by atoms with Crippen molar-refractivity contribution in [3.05, 3.63) is 22.4 Å². The van der Waals surface area contributed by atoms with Crippen LogP contribution >= 0.6 is 11.3 Å². The zero-order valence-electron chi connectivity index (χ0n) is 9.54. The van der Waals surface area contributed by atoms with Gasteiger partial charge in [-0.15, -0.1) is 11.3 Å². The highest BCUT2D eigenvalue weighted by Gasteiger charge is 2.21. The van der Waals surface area contributed by atoms with Gasteiger partial charge in [0.1, 0.15) is 0 Å². The maximum Gasteiger partial charge on any atom is 0.00683 e. The maximum absolute atomic E-state index is 3.66. The molecule has 1 aliphatic rings. The average Bonchev–Trinajstić information content (AvgIpc) is 2.93. The summed E-state index contributed by atoms with van der Waals surface area (Å²) in [6.07, 6.45) is 6.74. The van der Waals surface area contributed by atoms with Crippen LogP contribution in [0.1, 0.15) is 37.5 Å². The van der Waals surface area contributed by atoms with Crippen molar-refractivity contribution < 1.29 is 0 Å². The summed E-state index contributed by atoms with van der Waals surface area (Å²) in [5.41, 5.74) is 0. The van der Waals surface area contributed by atoms with Crippen LogP contribution in [0.5, 0.6) is 0 Å². The van der Waals surface area contributed by atoms with Gasteiger partial charge in [0.2, 0.25) is 0 Å². The molecule has 1 atom stereocenters. The van der Waals surface area contributed by atoms with E-state index >= 15 is 0 Å². The molecule has 0 amide bonds. The van der Waals surface area contributed by atoms with Gasteiger partial charge < -0.3 is 5.32 Å². The SMILES string of the molecule is CCCC(CNC1CC1)Cc1cccs1. The standard InChI is InChI=1S/C13H21NS/c1-2-4-11(10-14-12-6-7-12)9-13-5-3-8-15-13/h3,5,8,11-12,14H,2,4,6-7,9-10H2,1H3. The van der Waals surface area contributed by atoms with E-state index in [2.05, 4.69) is 29.8 Å². The van der Waals surface area contributed by atoms with Crippen molar-refractivity contribution in [2.75, 3.05) is 6.54 Å². The third-order valence-electron chi connectivity index (χ3n) is 3.04. The van der Waals surface area contributed by atoms with Gasteiger partial charge in [0.05, 0.1) is 0 Å². The van der Waals surface area contributed by atoms with E-state index in [1.165, 1.54) is 38.6 Å². The highest BCUT2D eigenvalue weighted by Crippen LogP contribution is 2.21. The van der Waals surface area contributed by atoms with Crippen molar-refractivity contribution in [1.82, 2.24) is 5.32 Å². The molecule has 0 aromatic carbocycles. The van der Waals surface area contributed by atoms with Crippen LogP contribution in [0.3, 0.4) is 0 Å². The Bertz CT molecular complexity index is 264. The van der Waals surface area contributed by atoms with Crippen molar-refractivity contribution >= 4 is 11.3 Å². The molecule has 1 saturated carbocycles. The molecule has 15 heavy (non-hydrogen) atoms. The molecule has 0 aliphatic heterocycles. The Balaban J connectivity index is 1.76. The fraction of sp³-hybridized carbons (Fsp3) is 0.692. The molecule has 84 valence electrons. The van der Waals surface area contributed by atoms with Gasteiger partial charge in [-0.2, -0.15) is 0 Å². The molecule has 0 saturated heterocycles. The largest absolute Gasteiger partial charge is 0.314 e. The topological polar surface area (TPSA) is 12.0 Å². The van der Waals surface area contributed by atoms with Crippen LogP contribution < -0.4 is 5.32 Å². The summed E-state index contributed by atoms with van der Waals surface area (Å²) in [4.78, 5) is 1.55. The van der Waals surface area contributed by atoms with Gasteiger partial charge >= 0.3 is 0 Å². The molecule has 1 N–H and O–H groups in total. The van der Waals surface area contributed by atoms with Crippen LogP contribution in [0.2, 0.25) is 0 Å². The molecular formula is C13H21NS. The van der Waals surface area contributed by atoms with Crippen molar-refractivity contribution in [2.45, 2.75) is 45.1 Å². The van der Waals surface area contributed by atoms with Crippen molar-refractivity contribution in [2.24, 2.45) is 5.92 Å². The van der Waals surface area contributed by atoms with Gasteiger partial charge in [0, 0.05) is 10.9 Å². The fourth-order valence-electron chi connectivity index (χ4n) is 2.02. The van der Waals surface area contributed by atoms with Gasteiger partial charge in [0.15, 0.2) is 0 Å². The molecule has 1 heterocycles. The Labute approximate surface area is 96.9 Å². The molecule has 1 aliphatic carbocycles. The molecule has 2 heteroatoms. The normalized spacial score (nSPS) is 17.9. The number of hydrogen-bond donors (Lipinski definition) is 1. The van der Waals surface area contributed by atoms with Gasteiger partial charge in [-0.1, -0.05) is 19.4 Å². The summed E-state index contributed by atoms with van der Waals surface area (Å²) in [6, 6.07) is 5.29. The Morgan fingerprint density at radius 2 is 2.40 bits per heavy atom. The van der Waals surface area contributed by atoms with E-state index in [0.717, 1.165) is 12.0 Å². The predicted molar refractivity (Wildman–Crippen MR) is 67.4 cm³/mol. The molecule has 1 nitrogen and oxygen atoms in total. The molecule has 0 bridgehead atoms. The molecule has 1 aromatic rings. The quantitative estimate of drug-likeness (QED) is 0.746. The number of rotatable bonds is 7. The minimum Gasteiger partial charge on any atom is -0.314 e. The van der Waals surface area contributed by atoms with Crippen LogP contribution in [-0.4, -0.2) is 12.6 Å². The molecule has 1 fully saturated rings. The second-order valence-electron chi connectivity index (χ2n) is 4.62. The van der Waals surface area contributed by atoms with Crippen LogP contribution in [0.15, 0.2) is 17.5 Å². The van der Waals surface area contributed by atoms with Gasteiger partial charge in [0.25, 0.3) is 0 Å². The van der Waals surface area contributed by atoms with Crippen LogP contribution in [-0.2, 0) is 6.42 Å². The lowest BCUT2D eigenvalue weighted by atomic mass is 9.99. The number of hydrogen-bond acceptors (Lipinski definition) is 2. The van der Waals surface area contributed by atoms with E-state index in [1.54, 1.807) is 4.88 Å². The Morgan fingerprint density at radius 3 is 3.00 bits per heavy atom. The number of nitrogens with one attached hydrogen (secondary N) is 1. The van der Waals surface area contributed by atoms with Crippen molar-refractivity contribution in [3.8, 4) is 0 Å².